The van der Waals surface area contributed by atoms with Gasteiger partial charge in [0.2, 0.25) is 5.91 Å². The van der Waals surface area contributed by atoms with Crippen LogP contribution in [0.1, 0.15) is 30.5 Å². The highest BCUT2D eigenvalue weighted by atomic mass is 16.2. The van der Waals surface area contributed by atoms with Gasteiger partial charge in [-0.25, -0.2) is 0 Å². The largest absolute Gasteiger partial charge is 0.327 e. The normalized spacial score (nSPS) is 24.4. The van der Waals surface area contributed by atoms with Crippen LogP contribution in [0, 0.1) is 6.92 Å². The molecule has 2 fully saturated rings. The second kappa shape index (κ2) is 4.69. The molecule has 1 amide bonds. The van der Waals surface area contributed by atoms with Crippen LogP contribution in [0.5, 0.6) is 0 Å². The molecule has 0 N–H and O–H groups in total. The van der Waals surface area contributed by atoms with Gasteiger partial charge in [0.1, 0.15) is 0 Å². The zero-order valence-electron chi connectivity index (χ0n) is 10.8. The van der Waals surface area contributed by atoms with Gasteiger partial charge < -0.3 is 4.90 Å². The summed E-state index contributed by atoms with van der Waals surface area (Å²) < 4.78 is 0. The lowest BCUT2D eigenvalue weighted by Crippen LogP contribution is -2.52. The van der Waals surface area contributed by atoms with Gasteiger partial charge in [-0.15, -0.1) is 0 Å². The molecular weight excluding hydrogens is 226 g/mol. The second-order valence-corrected chi connectivity index (χ2v) is 5.26. The van der Waals surface area contributed by atoms with Crippen molar-refractivity contribution in [1.82, 2.24) is 14.8 Å². The Bertz CT molecular complexity index is 443. The Kier molecular flexibility index (Phi) is 3.04. The van der Waals surface area contributed by atoms with E-state index in [0.717, 1.165) is 38.2 Å². The van der Waals surface area contributed by atoms with Crippen molar-refractivity contribution in [2.75, 3.05) is 13.1 Å². The molecule has 1 aromatic heterocycles. The molecule has 2 saturated heterocycles. The molecule has 0 bridgehead atoms. The lowest BCUT2D eigenvalue weighted by atomic mass is 10.2. The summed E-state index contributed by atoms with van der Waals surface area (Å²) in [5.74, 6) is 0.325. The smallest absolute Gasteiger partial charge is 0.225 e. The van der Waals surface area contributed by atoms with Crippen LogP contribution in [0.4, 0.5) is 0 Å². The van der Waals surface area contributed by atoms with E-state index in [4.69, 9.17) is 0 Å². The Hall–Kier alpha value is -1.42. The highest BCUT2D eigenvalue weighted by molar-refractivity contribution is 5.77. The predicted molar refractivity (Wildman–Crippen MR) is 68.7 cm³/mol. The van der Waals surface area contributed by atoms with E-state index in [-0.39, 0.29) is 0 Å². The molecule has 1 aromatic rings. The molecule has 0 aromatic carbocycles. The third kappa shape index (κ3) is 2.12. The molecule has 3 heterocycles. The Morgan fingerprint density at radius 3 is 3.06 bits per heavy atom. The number of hydrogen-bond donors (Lipinski definition) is 0. The fourth-order valence-electron chi connectivity index (χ4n) is 2.94. The molecule has 18 heavy (non-hydrogen) atoms. The van der Waals surface area contributed by atoms with Gasteiger partial charge in [0.15, 0.2) is 0 Å². The van der Waals surface area contributed by atoms with Crippen LogP contribution in [-0.2, 0) is 11.3 Å². The summed E-state index contributed by atoms with van der Waals surface area (Å²) in [5, 5.41) is 0. The van der Waals surface area contributed by atoms with E-state index >= 15 is 0 Å². The number of pyridine rings is 1. The van der Waals surface area contributed by atoms with Gasteiger partial charge in [0.25, 0.3) is 0 Å². The maximum atomic E-state index is 11.8. The molecule has 0 spiro atoms. The molecule has 2 aliphatic heterocycles. The summed E-state index contributed by atoms with van der Waals surface area (Å²) in [7, 11) is 0. The van der Waals surface area contributed by atoms with Crippen LogP contribution in [0.15, 0.2) is 18.3 Å². The number of aryl methyl sites for hydroxylation is 1. The van der Waals surface area contributed by atoms with Crippen LogP contribution in [0.25, 0.3) is 0 Å². The number of rotatable bonds is 2. The van der Waals surface area contributed by atoms with E-state index in [0.29, 0.717) is 18.5 Å². The van der Waals surface area contributed by atoms with E-state index in [2.05, 4.69) is 28.9 Å². The predicted octanol–water partition coefficient (Wildman–Crippen LogP) is 1.54. The van der Waals surface area contributed by atoms with Gasteiger partial charge in [-0.1, -0.05) is 6.07 Å². The minimum absolute atomic E-state index is 0.314. The Morgan fingerprint density at radius 1 is 1.39 bits per heavy atom. The van der Waals surface area contributed by atoms with Crippen molar-refractivity contribution in [1.29, 1.82) is 0 Å². The summed E-state index contributed by atoms with van der Waals surface area (Å²) in [5.41, 5.74) is 2.29. The van der Waals surface area contributed by atoms with Crippen molar-refractivity contribution in [2.45, 2.75) is 38.9 Å². The maximum Gasteiger partial charge on any atom is 0.225 e. The molecule has 1 unspecified atom stereocenters. The van der Waals surface area contributed by atoms with E-state index in [1.54, 1.807) is 0 Å². The molecule has 0 saturated carbocycles. The van der Waals surface area contributed by atoms with Crippen LogP contribution in [-0.4, -0.2) is 39.9 Å². The van der Waals surface area contributed by atoms with Gasteiger partial charge in [-0.3, -0.25) is 14.7 Å². The molecule has 3 rings (SSSR count). The fourth-order valence-corrected chi connectivity index (χ4v) is 2.94. The van der Waals surface area contributed by atoms with Crippen LogP contribution >= 0.6 is 0 Å². The quantitative estimate of drug-likeness (QED) is 0.793. The highest BCUT2D eigenvalue weighted by Crippen LogP contribution is 2.26. The number of amides is 1. The average molecular weight is 245 g/mol. The van der Waals surface area contributed by atoms with Gasteiger partial charge >= 0.3 is 0 Å². The number of aromatic nitrogens is 1. The van der Waals surface area contributed by atoms with Crippen LogP contribution in [0.2, 0.25) is 0 Å². The summed E-state index contributed by atoms with van der Waals surface area (Å²) in [6.07, 6.45) is 5.12. The van der Waals surface area contributed by atoms with E-state index in [1.165, 1.54) is 5.56 Å². The maximum absolute atomic E-state index is 11.8. The fraction of sp³-hybridized carbons (Fsp3) is 0.571. The molecule has 1 atom stereocenters. The number of hydrogen-bond acceptors (Lipinski definition) is 3. The summed E-state index contributed by atoms with van der Waals surface area (Å²) in [4.78, 5) is 20.7. The molecular formula is C14H19N3O. The van der Waals surface area contributed by atoms with Crippen molar-refractivity contribution >= 4 is 5.91 Å². The highest BCUT2D eigenvalue weighted by Gasteiger charge is 2.36. The molecule has 0 aliphatic carbocycles. The van der Waals surface area contributed by atoms with Crippen molar-refractivity contribution in [3.63, 3.8) is 0 Å². The molecule has 0 radical (unpaired) electrons. The number of nitrogens with zero attached hydrogens (tertiary/aromatic N) is 3. The molecule has 4 nitrogen and oxygen atoms in total. The number of carbonyl (C=O) groups is 1. The Balaban J connectivity index is 1.72. The molecule has 4 heteroatoms. The standard InChI is InChI=1S/C14H19N3O/c1-11-4-5-12(15-9-11)10-16-8-6-14(18)17-7-2-3-13(16)17/h4-5,9,13H,2-3,6-8,10H2,1H3. The van der Waals surface area contributed by atoms with Crippen molar-refractivity contribution in [2.24, 2.45) is 0 Å². The van der Waals surface area contributed by atoms with E-state index in [1.807, 2.05) is 11.1 Å². The van der Waals surface area contributed by atoms with Gasteiger partial charge in [0, 0.05) is 32.3 Å². The minimum atomic E-state index is 0.314. The third-order valence-corrected chi connectivity index (χ3v) is 3.91. The Labute approximate surface area is 108 Å². The summed E-state index contributed by atoms with van der Waals surface area (Å²) >= 11 is 0. The number of fused-ring (bicyclic) bond motifs is 1. The van der Waals surface area contributed by atoms with Gasteiger partial charge in [-0.2, -0.15) is 0 Å². The summed E-state index contributed by atoms with van der Waals surface area (Å²) in [6.45, 7) is 4.71. The first-order valence-corrected chi connectivity index (χ1v) is 6.69. The topological polar surface area (TPSA) is 36.4 Å². The Morgan fingerprint density at radius 2 is 2.28 bits per heavy atom. The van der Waals surface area contributed by atoms with Crippen molar-refractivity contribution in [3.05, 3.63) is 29.6 Å². The zero-order valence-corrected chi connectivity index (χ0v) is 10.8. The van der Waals surface area contributed by atoms with Crippen molar-refractivity contribution < 1.29 is 4.79 Å². The van der Waals surface area contributed by atoms with E-state index < -0.39 is 0 Å². The third-order valence-electron chi connectivity index (χ3n) is 3.91. The first kappa shape index (κ1) is 11.7. The monoisotopic (exact) mass is 245 g/mol. The molecule has 96 valence electrons. The van der Waals surface area contributed by atoms with Gasteiger partial charge in [-0.05, 0) is 31.4 Å². The minimum Gasteiger partial charge on any atom is -0.327 e. The average Bonchev–Trinajstić information content (AvgIpc) is 2.86. The van der Waals surface area contributed by atoms with Crippen molar-refractivity contribution in [3.8, 4) is 0 Å². The van der Waals surface area contributed by atoms with Crippen LogP contribution < -0.4 is 0 Å². The first-order chi connectivity index (χ1) is 8.74. The molecule has 2 aliphatic rings. The SMILES string of the molecule is Cc1ccc(CN2CCC(=O)N3CCCC23)nc1. The second-order valence-electron chi connectivity index (χ2n) is 5.26. The summed E-state index contributed by atoms with van der Waals surface area (Å²) in [6, 6.07) is 4.19. The first-order valence-electron chi connectivity index (χ1n) is 6.69. The van der Waals surface area contributed by atoms with E-state index in [9.17, 15) is 4.79 Å². The number of carbonyl (C=O) groups excluding carboxylic acids is 1. The lowest BCUT2D eigenvalue weighted by Gasteiger charge is -2.39. The van der Waals surface area contributed by atoms with Gasteiger partial charge in [0.05, 0.1) is 11.9 Å². The lowest BCUT2D eigenvalue weighted by molar-refractivity contribution is -0.141. The van der Waals surface area contributed by atoms with Crippen LogP contribution in [0.3, 0.4) is 0 Å². The zero-order chi connectivity index (χ0) is 12.5.